The number of anilines is 1. The highest BCUT2D eigenvalue weighted by Gasteiger charge is 2.34. The number of carbonyl (C=O) groups excluding carboxylic acids is 1. The van der Waals surface area contributed by atoms with Gasteiger partial charge in [0.05, 0.1) is 11.3 Å². The summed E-state index contributed by atoms with van der Waals surface area (Å²) in [6.07, 6.45) is 2.98. The van der Waals surface area contributed by atoms with Gasteiger partial charge in [-0.05, 0) is 59.2 Å². The number of para-hydroxylation sites is 1. The lowest BCUT2D eigenvalue weighted by molar-refractivity contribution is -0.0413. The Morgan fingerprint density at radius 3 is 2.27 bits per heavy atom. The average molecular weight is 303 g/mol. The fourth-order valence-corrected chi connectivity index (χ4v) is 2.22. The Labute approximate surface area is 132 Å². The summed E-state index contributed by atoms with van der Waals surface area (Å²) in [5, 5.41) is 0. The fourth-order valence-electron chi connectivity index (χ4n) is 2.22. The van der Waals surface area contributed by atoms with Crippen molar-refractivity contribution in [2.24, 2.45) is 0 Å². The molecule has 1 unspecified atom stereocenters. The molecule has 1 amide bonds. The van der Waals surface area contributed by atoms with Crippen molar-refractivity contribution >= 4 is 17.9 Å². The molecule has 1 atom stereocenters. The highest BCUT2D eigenvalue weighted by molar-refractivity contribution is 5.93. The van der Waals surface area contributed by atoms with Crippen molar-refractivity contribution in [1.29, 1.82) is 0 Å². The quantitative estimate of drug-likeness (QED) is 0.761. The molecule has 0 aliphatic carbocycles. The predicted molar refractivity (Wildman–Crippen MR) is 88.8 cm³/mol. The van der Waals surface area contributed by atoms with Gasteiger partial charge >= 0.3 is 6.09 Å². The molecule has 2 rings (SSSR count). The maximum absolute atomic E-state index is 12.7. The molecule has 0 N–H and O–H groups in total. The number of nitrogens with zero attached hydrogens (tertiary/aromatic N) is 1. The summed E-state index contributed by atoms with van der Waals surface area (Å²) < 4.78 is 11.6. The van der Waals surface area contributed by atoms with E-state index in [4.69, 9.17) is 9.47 Å². The van der Waals surface area contributed by atoms with E-state index in [-0.39, 0.29) is 5.60 Å². The number of amides is 1. The van der Waals surface area contributed by atoms with Crippen molar-refractivity contribution in [3.8, 4) is 0 Å². The van der Waals surface area contributed by atoms with E-state index in [1.165, 1.54) is 0 Å². The molecule has 1 aliphatic rings. The first-order valence-corrected chi connectivity index (χ1v) is 7.54. The van der Waals surface area contributed by atoms with Gasteiger partial charge < -0.3 is 9.47 Å². The monoisotopic (exact) mass is 303 g/mol. The minimum Gasteiger partial charge on any atom is -0.443 e. The first kappa shape index (κ1) is 16.6. The van der Waals surface area contributed by atoms with Crippen LogP contribution in [0, 0.1) is 0 Å². The number of hydrogen-bond acceptors (Lipinski definition) is 3. The van der Waals surface area contributed by atoms with Crippen LogP contribution in [0.5, 0.6) is 0 Å². The predicted octanol–water partition coefficient (Wildman–Crippen LogP) is 4.60. The zero-order valence-corrected chi connectivity index (χ0v) is 14.2. The van der Waals surface area contributed by atoms with E-state index in [1.54, 1.807) is 4.90 Å². The standard InChI is InChI=1S/C18H25NO3/c1-17(2,3)21-15-12-11-13-9-7-8-10-14(13)19(15)16(20)22-18(4,5)6/h7-12,15H,1-6H3. The zero-order chi connectivity index (χ0) is 16.5. The Balaban J connectivity index is 2.37. The Bertz CT molecular complexity index is 579. The molecule has 1 aromatic carbocycles. The zero-order valence-electron chi connectivity index (χ0n) is 14.2. The first-order valence-electron chi connectivity index (χ1n) is 7.54. The molecule has 0 aromatic heterocycles. The molecule has 0 bridgehead atoms. The van der Waals surface area contributed by atoms with E-state index in [1.807, 2.05) is 78.0 Å². The van der Waals surface area contributed by atoms with E-state index >= 15 is 0 Å². The second-order valence-corrected chi connectivity index (χ2v) is 7.39. The van der Waals surface area contributed by atoms with Crippen LogP contribution in [0.3, 0.4) is 0 Å². The Morgan fingerprint density at radius 1 is 1.05 bits per heavy atom. The molecule has 0 spiro atoms. The number of benzene rings is 1. The largest absolute Gasteiger partial charge is 0.443 e. The highest BCUT2D eigenvalue weighted by Crippen LogP contribution is 2.32. The van der Waals surface area contributed by atoms with Gasteiger partial charge in [0.2, 0.25) is 0 Å². The molecule has 4 heteroatoms. The van der Waals surface area contributed by atoms with E-state index < -0.39 is 17.9 Å². The van der Waals surface area contributed by atoms with Crippen LogP contribution in [0.4, 0.5) is 10.5 Å². The van der Waals surface area contributed by atoms with E-state index in [0.29, 0.717) is 0 Å². The van der Waals surface area contributed by atoms with Crippen molar-refractivity contribution in [3.63, 3.8) is 0 Å². The normalized spacial score (nSPS) is 18.1. The Kier molecular flexibility index (Phi) is 4.34. The molecule has 120 valence electrons. The molecule has 4 nitrogen and oxygen atoms in total. The van der Waals surface area contributed by atoms with E-state index in [9.17, 15) is 4.79 Å². The maximum atomic E-state index is 12.7. The second kappa shape index (κ2) is 5.76. The van der Waals surface area contributed by atoms with Gasteiger partial charge in [0, 0.05) is 0 Å². The van der Waals surface area contributed by atoms with Gasteiger partial charge in [-0.3, -0.25) is 0 Å². The minimum atomic E-state index is -0.556. The van der Waals surface area contributed by atoms with E-state index in [0.717, 1.165) is 11.3 Å². The SMILES string of the molecule is CC(C)(C)OC(=O)N1c2ccccc2C=CC1OC(C)(C)C. The molecule has 0 saturated carbocycles. The van der Waals surface area contributed by atoms with Gasteiger partial charge in [-0.1, -0.05) is 24.3 Å². The summed E-state index contributed by atoms with van der Waals surface area (Å²) in [5.41, 5.74) is 0.844. The number of fused-ring (bicyclic) bond motifs is 1. The average Bonchev–Trinajstić information content (AvgIpc) is 2.34. The van der Waals surface area contributed by atoms with Crippen LogP contribution in [0.15, 0.2) is 30.3 Å². The number of ether oxygens (including phenoxy) is 2. The maximum Gasteiger partial charge on any atom is 0.417 e. The second-order valence-electron chi connectivity index (χ2n) is 7.39. The minimum absolute atomic E-state index is 0.373. The van der Waals surface area contributed by atoms with Gasteiger partial charge in [-0.15, -0.1) is 0 Å². The van der Waals surface area contributed by atoms with E-state index in [2.05, 4.69) is 0 Å². The lowest BCUT2D eigenvalue weighted by Crippen LogP contribution is -2.47. The summed E-state index contributed by atoms with van der Waals surface area (Å²) in [6, 6.07) is 7.73. The molecule has 0 fully saturated rings. The van der Waals surface area contributed by atoms with Crippen molar-refractivity contribution in [3.05, 3.63) is 35.9 Å². The Morgan fingerprint density at radius 2 is 1.68 bits per heavy atom. The van der Waals surface area contributed by atoms with Crippen LogP contribution in [0.1, 0.15) is 47.1 Å². The van der Waals surface area contributed by atoms with Crippen LogP contribution >= 0.6 is 0 Å². The Hall–Kier alpha value is -1.81. The third-order valence-electron chi connectivity index (χ3n) is 2.96. The topological polar surface area (TPSA) is 38.8 Å². The molecule has 22 heavy (non-hydrogen) atoms. The third kappa shape index (κ3) is 4.10. The van der Waals surface area contributed by atoms with Gasteiger partial charge in [0.15, 0.2) is 6.23 Å². The van der Waals surface area contributed by atoms with Crippen LogP contribution in [-0.4, -0.2) is 23.5 Å². The molecular weight excluding hydrogens is 278 g/mol. The van der Waals surface area contributed by atoms with Gasteiger partial charge in [0.1, 0.15) is 5.60 Å². The lowest BCUT2D eigenvalue weighted by atomic mass is 10.1. The summed E-state index contributed by atoms with van der Waals surface area (Å²) in [5.74, 6) is 0. The van der Waals surface area contributed by atoms with Crippen molar-refractivity contribution < 1.29 is 14.3 Å². The van der Waals surface area contributed by atoms with Crippen LogP contribution < -0.4 is 4.90 Å². The van der Waals surface area contributed by atoms with Crippen molar-refractivity contribution in [2.45, 2.75) is 59.0 Å². The highest BCUT2D eigenvalue weighted by atomic mass is 16.6. The molecule has 1 aliphatic heterocycles. The van der Waals surface area contributed by atoms with Crippen LogP contribution in [0.25, 0.3) is 6.08 Å². The van der Waals surface area contributed by atoms with Gasteiger partial charge in [-0.25, -0.2) is 9.69 Å². The van der Waals surface area contributed by atoms with Crippen molar-refractivity contribution in [1.82, 2.24) is 0 Å². The molecule has 0 saturated heterocycles. The van der Waals surface area contributed by atoms with Gasteiger partial charge in [0.25, 0.3) is 0 Å². The molecule has 1 heterocycles. The molecule has 0 radical (unpaired) electrons. The number of carbonyl (C=O) groups is 1. The fraction of sp³-hybridized carbons (Fsp3) is 0.500. The van der Waals surface area contributed by atoms with Gasteiger partial charge in [-0.2, -0.15) is 0 Å². The summed E-state index contributed by atoms with van der Waals surface area (Å²) in [7, 11) is 0. The third-order valence-corrected chi connectivity index (χ3v) is 2.96. The van der Waals surface area contributed by atoms with Crippen molar-refractivity contribution in [2.75, 3.05) is 4.90 Å². The summed E-state index contributed by atoms with van der Waals surface area (Å²) >= 11 is 0. The number of hydrogen-bond donors (Lipinski definition) is 0. The number of rotatable bonds is 1. The summed E-state index contributed by atoms with van der Waals surface area (Å²) in [6.45, 7) is 11.5. The lowest BCUT2D eigenvalue weighted by Gasteiger charge is -2.37. The molecule has 1 aromatic rings. The summed E-state index contributed by atoms with van der Waals surface area (Å²) in [4.78, 5) is 14.2. The smallest absolute Gasteiger partial charge is 0.417 e. The van der Waals surface area contributed by atoms with Crippen LogP contribution in [0.2, 0.25) is 0 Å². The van der Waals surface area contributed by atoms with Crippen LogP contribution in [-0.2, 0) is 9.47 Å². The molecular formula is C18H25NO3. The first-order chi connectivity index (χ1) is 10.1.